The molecule has 1 aromatic heterocycles. The second-order valence-corrected chi connectivity index (χ2v) is 5.15. The van der Waals surface area contributed by atoms with E-state index in [4.69, 9.17) is 4.74 Å². The van der Waals surface area contributed by atoms with Crippen LogP contribution in [0.4, 0.5) is 35.2 Å². The van der Waals surface area contributed by atoms with Crippen LogP contribution < -0.4 is 20.3 Å². The first-order chi connectivity index (χ1) is 11.7. The van der Waals surface area contributed by atoms with E-state index in [1.165, 1.54) is 25.4 Å². The molecule has 0 bridgehead atoms. The van der Waals surface area contributed by atoms with Gasteiger partial charge in [0, 0.05) is 19.8 Å². The number of rotatable bonds is 4. The number of nitrogens with zero attached hydrogens (tertiary/aromatic N) is 3. The number of alkyl halides is 3. The van der Waals surface area contributed by atoms with Crippen LogP contribution in [0.1, 0.15) is 5.56 Å². The standard InChI is InChI=1S/C15H16F3N5O2/c1-23(2)12-11(8-19-14(22-12)25-3)21-13(24)20-10-6-4-5-9(7-10)15(16,17)18/h4-8H,1-3H3,(H2,20,21,24). The third-order valence-corrected chi connectivity index (χ3v) is 3.05. The van der Waals surface area contributed by atoms with E-state index in [0.717, 1.165) is 12.1 Å². The molecular weight excluding hydrogens is 339 g/mol. The summed E-state index contributed by atoms with van der Waals surface area (Å²) in [7, 11) is 4.82. The first-order valence-electron chi connectivity index (χ1n) is 7.04. The fourth-order valence-electron chi connectivity index (χ4n) is 1.94. The van der Waals surface area contributed by atoms with Crippen molar-refractivity contribution in [2.75, 3.05) is 36.7 Å². The SMILES string of the molecule is COc1ncc(NC(=O)Nc2cccc(C(F)(F)F)c2)c(N(C)C)n1. The summed E-state index contributed by atoms with van der Waals surface area (Å²) in [6.45, 7) is 0. The Labute approximate surface area is 141 Å². The number of hydrogen-bond acceptors (Lipinski definition) is 5. The largest absolute Gasteiger partial charge is 0.467 e. The number of aromatic nitrogens is 2. The lowest BCUT2D eigenvalue weighted by molar-refractivity contribution is -0.137. The van der Waals surface area contributed by atoms with Crippen LogP contribution in [0.25, 0.3) is 0 Å². The van der Waals surface area contributed by atoms with Gasteiger partial charge in [-0.1, -0.05) is 6.07 Å². The number of anilines is 3. The molecule has 2 amide bonds. The first-order valence-corrected chi connectivity index (χ1v) is 7.04. The Morgan fingerprint density at radius 2 is 1.96 bits per heavy atom. The highest BCUT2D eigenvalue weighted by atomic mass is 19.4. The molecule has 25 heavy (non-hydrogen) atoms. The summed E-state index contributed by atoms with van der Waals surface area (Å²) >= 11 is 0. The van der Waals surface area contributed by atoms with E-state index < -0.39 is 17.8 Å². The van der Waals surface area contributed by atoms with Crippen LogP contribution in [-0.4, -0.2) is 37.2 Å². The molecule has 2 aromatic rings. The van der Waals surface area contributed by atoms with Crippen LogP contribution in [0.5, 0.6) is 6.01 Å². The van der Waals surface area contributed by atoms with Gasteiger partial charge >= 0.3 is 18.2 Å². The second-order valence-electron chi connectivity index (χ2n) is 5.15. The lowest BCUT2D eigenvalue weighted by Crippen LogP contribution is -2.23. The van der Waals surface area contributed by atoms with Crippen LogP contribution >= 0.6 is 0 Å². The third kappa shape index (κ3) is 4.72. The maximum atomic E-state index is 12.7. The third-order valence-electron chi connectivity index (χ3n) is 3.05. The number of urea groups is 1. The van der Waals surface area contributed by atoms with Gasteiger partial charge in [-0.3, -0.25) is 0 Å². The number of methoxy groups -OCH3 is 1. The van der Waals surface area contributed by atoms with E-state index in [9.17, 15) is 18.0 Å². The Bertz CT molecular complexity index is 765. The molecule has 2 rings (SSSR count). The van der Waals surface area contributed by atoms with E-state index in [1.807, 2.05) is 0 Å². The van der Waals surface area contributed by atoms with Crippen molar-refractivity contribution in [1.29, 1.82) is 0 Å². The number of ether oxygens (including phenoxy) is 1. The highest BCUT2D eigenvalue weighted by Crippen LogP contribution is 2.30. The van der Waals surface area contributed by atoms with Crippen LogP contribution in [0, 0.1) is 0 Å². The minimum atomic E-state index is -4.49. The summed E-state index contributed by atoms with van der Waals surface area (Å²) in [6.07, 6.45) is -3.15. The average molecular weight is 355 g/mol. The Kier molecular flexibility index (Phi) is 5.30. The molecule has 0 spiro atoms. The minimum absolute atomic E-state index is 0.00755. The number of nitrogens with one attached hydrogen (secondary N) is 2. The van der Waals surface area contributed by atoms with Gasteiger partial charge in [0.2, 0.25) is 0 Å². The molecule has 1 heterocycles. The van der Waals surface area contributed by atoms with Gasteiger partial charge in [0.1, 0.15) is 5.69 Å². The zero-order valence-corrected chi connectivity index (χ0v) is 13.7. The summed E-state index contributed by atoms with van der Waals surface area (Å²) in [5.41, 5.74) is -0.574. The molecule has 0 radical (unpaired) electrons. The second kappa shape index (κ2) is 7.24. The monoisotopic (exact) mass is 355 g/mol. The van der Waals surface area contributed by atoms with Crippen molar-refractivity contribution in [1.82, 2.24) is 9.97 Å². The van der Waals surface area contributed by atoms with Crippen LogP contribution in [-0.2, 0) is 6.18 Å². The maximum absolute atomic E-state index is 12.7. The summed E-state index contributed by atoms with van der Waals surface area (Å²) in [6, 6.07) is 3.72. The summed E-state index contributed by atoms with van der Waals surface area (Å²) in [4.78, 5) is 21.7. The Hall–Kier alpha value is -3.04. The average Bonchev–Trinajstić information content (AvgIpc) is 2.54. The summed E-state index contributed by atoms with van der Waals surface area (Å²) in [5, 5.41) is 4.84. The van der Waals surface area contributed by atoms with Crippen molar-refractivity contribution in [3.8, 4) is 6.01 Å². The molecule has 0 unspecified atom stereocenters. The number of carbonyl (C=O) groups is 1. The van der Waals surface area contributed by atoms with Gasteiger partial charge in [0.05, 0.1) is 18.9 Å². The Morgan fingerprint density at radius 3 is 2.56 bits per heavy atom. The van der Waals surface area contributed by atoms with Gasteiger partial charge in [-0.15, -0.1) is 0 Å². The Balaban J connectivity index is 2.16. The number of halogens is 3. The number of benzene rings is 1. The van der Waals surface area contributed by atoms with Gasteiger partial charge in [0.15, 0.2) is 5.82 Å². The van der Waals surface area contributed by atoms with Crippen molar-refractivity contribution in [3.05, 3.63) is 36.0 Å². The van der Waals surface area contributed by atoms with E-state index in [1.54, 1.807) is 19.0 Å². The van der Waals surface area contributed by atoms with E-state index in [2.05, 4.69) is 20.6 Å². The maximum Gasteiger partial charge on any atom is 0.416 e. The smallest absolute Gasteiger partial charge is 0.416 e. The molecule has 0 saturated carbocycles. The lowest BCUT2D eigenvalue weighted by atomic mass is 10.2. The van der Waals surface area contributed by atoms with E-state index in [0.29, 0.717) is 5.82 Å². The quantitative estimate of drug-likeness (QED) is 0.880. The normalized spacial score (nSPS) is 11.0. The zero-order chi connectivity index (χ0) is 18.6. The predicted octanol–water partition coefficient (Wildman–Crippen LogP) is 3.21. The highest BCUT2D eigenvalue weighted by Gasteiger charge is 2.30. The van der Waals surface area contributed by atoms with Gasteiger partial charge in [-0.25, -0.2) is 9.78 Å². The summed E-state index contributed by atoms with van der Waals surface area (Å²) < 4.78 is 43.0. The molecule has 1 aromatic carbocycles. The molecule has 0 fully saturated rings. The van der Waals surface area contributed by atoms with Crippen molar-refractivity contribution in [2.45, 2.75) is 6.18 Å². The van der Waals surface area contributed by atoms with Crippen molar-refractivity contribution in [2.24, 2.45) is 0 Å². The van der Waals surface area contributed by atoms with Crippen LogP contribution in [0.2, 0.25) is 0 Å². The van der Waals surface area contributed by atoms with E-state index >= 15 is 0 Å². The molecule has 10 heteroatoms. The molecule has 0 saturated heterocycles. The molecule has 0 atom stereocenters. The Morgan fingerprint density at radius 1 is 1.24 bits per heavy atom. The number of carbonyl (C=O) groups excluding carboxylic acids is 1. The molecule has 0 aliphatic rings. The van der Waals surface area contributed by atoms with Crippen molar-refractivity contribution < 1.29 is 22.7 Å². The lowest BCUT2D eigenvalue weighted by Gasteiger charge is -2.17. The molecule has 134 valence electrons. The molecule has 0 aliphatic heterocycles. The summed E-state index contributed by atoms with van der Waals surface area (Å²) in [5.74, 6) is 0.381. The molecule has 7 nitrogen and oxygen atoms in total. The van der Waals surface area contributed by atoms with Crippen LogP contribution in [0.15, 0.2) is 30.5 Å². The van der Waals surface area contributed by atoms with Gasteiger partial charge in [-0.05, 0) is 18.2 Å². The number of amides is 2. The van der Waals surface area contributed by atoms with Crippen molar-refractivity contribution in [3.63, 3.8) is 0 Å². The van der Waals surface area contributed by atoms with Crippen LogP contribution in [0.3, 0.4) is 0 Å². The fourth-order valence-corrected chi connectivity index (χ4v) is 1.94. The highest BCUT2D eigenvalue weighted by molar-refractivity contribution is 6.01. The van der Waals surface area contributed by atoms with Gasteiger partial charge in [0.25, 0.3) is 0 Å². The van der Waals surface area contributed by atoms with Crippen molar-refractivity contribution >= 4 is 23.2 Å². The number of hydrogen-bond donors (Lipinski definition) is 2. The molecule has 2 N–H and O–H groups in total. The zero-order valence-electron chi connectivity index (χ0n) is 13.7. The van der Waals surface area contributed by atoms with Gasteiger partial charge < -0.3 is 20.3 Å². The first kappa shape index (κ1) is 18.3. The van der Waals surface area contributed by atoms with Gasteiger partial charge in [-0.2, -0.15) is 18.2 Å². The molecule has 0 aliphatic carbocycles. The van der Waals surface area contributed by atoms with E-state index in [-0.39, 0.29) is 17.4 Å². The predicted molar refractivity (Wildman–Crippen MR) is 87.0 cm³/mol. The minimum Gasteiger partial charge on any atom is -0.467 e. The topological polar surface area (TPSA) is 79.4 Å². The fraction of sp³-hybridized carbons (Fsp3) is 0.267. The molecular formula is C15H16F3N5O2.